The normalized spacial score (nSPS) is 10.7. The first-order valence-electron chi connectivity index (χ1n) is 5.59. The van der Waals surface area contributed by atoms with Crippen molar-refractivity contribution in [1.29, 1.82) is 0 Å². The zero-order chi connectivity index (χ0) is 14.1. The average molecular weight is 334 g/mol. The van der Waals surface area contributed by atoms with Crippen molar-refractivity contribution in [1.82, 2.24) is 24.7 Å². The smallest absolute Gasteiger partial charge is 0.377 e. The number of ether oxygens (including phenoxy) is 1. The number of pyridine rings is 2. The molecule has 0 atom stereocenters. The highest BCUT2D eigenvalue weighted by atomic mass is 79.9. The van der Waals surface area contributed by atoms with Gasteiger partial charge in [-0.2, -0.15) is 0 Å². The third kappa shape index (κ3) is 2.14. The number of esters is 1. The van der Waals surface area contributed by atoms with Gasteiger partial charge in [-0.05, 0) is 28.1 Å². The molecule has 0 aromatic carbocycles. The lowest BCUT2D eigenvalue weighted by Crippen LogP contribution is -2.05. The molecule has 0 aliphatic carbocycles. The molecule has 100 valence electrons. The molecule has 0 fully saturated rings. The summed E-state index contributed by atoms with van der Waals surface area (Å²) in [4.78, 5) is 23.8. The Morgan fingerprint density at radius 2 is 2.20 bits per heavy atom. The number of methoxy groups -OCH3 is 1. The summed E-state index contributed by atoms with van der Waals surface area (Å²) in [6, 6.07) is 3.60. The van der Waals surface area contributed by atoms with Crippen molar-refractivity contribution in [2.24, 2.45) is 0 Å². The van der Waals surface area contributed by atoms with E-state index in [1.54, 1.807) is 18.5 Å². The van der Waals surface area contributed by atoms with Gasteiger partial charge in [-0.1, -0.05) is 0 Å². The van der Waals surface area contributed by atoms with E-state index in [0.29, 0.717) is 16.7 Å². The Bertz CT molecular complexity index is 801. The van der Waals surface area contributed by atoms with Crippen LogP contribution in [0.15, 0.2) is 35.3 Å². The van der Waals surface area contributed by atoms with Gasteiger partial charge in [-0.3, -0.25) is 9.97 Å². The van der Waals surface area contributed by atoms with Crippen LogP contribution in [0.4, 0.5) is 0 Å². The van der Waals surface area contributed by atoms with E-state index in [-0.39, 0.29) is 5.82 Å². The number of halogens is 1. The molecule has 3 heterocycles. The third-order valence-electron chi connectivity index (χ3n) is 2.63. The van der Waals surface area contributed by atoms with Crippen molar-refractivity contribution in [2.75, 3.05) is 7.11 Å². The SMILES string of the molecule is COC(=O)c1ncn(-c2ccnc3cc(Br)cnc23)n1. The molecular weight excluding hydrogens is 326 g/mol. The lowest BCUT2D eigenvalue weighted by atomic mass is 10.3. The zero-order valence-corrected chi connectivity index (χ0v) is 11.9. The molecular formula is C12H8BrN5O2. The minimum atomic E-state index is -0.585. The van der Waals surface area contributed by atoms with Gasteiger partial charge < -0.3 is 4.74 Å². The Morgan fingerprint density at radius 1 is 1.35 bits per heavy atom. The van der Waals surface area contributed by atoms with Crippen LogP contribution < -0.4 is 0 Å². The quantitative estimate of drug-likeness (QED) is 0.664. The third-order valence-corrected chi connectivity index (χ3v) is 3.06. The first-order chi connectivity index (χ1) is 9.69. The van der Waals surface area contributed by atoms with Crippen LogP contribution in [-0.4, -0.2) is 37.8 Å². The second kappa shape index (κ2) is 4.97. The van der Waals surface area contributed by atoms with Crippen molar-refractivity contribution < 1.29 is 9.53 Å². The van der Waals surface area contributed by atoms with E-state index >= 15 is 0 Å². The molecule has 3 aromatic heterocycles. The minimum Gasteiger partial charge on any atom is -0.463 e. The molecule has 0 saturated carbocycles. The molecule has 20 heavy (non-hydrogen) atoms. The Labute approximate surface area is 121 Å². The highest BCUT2D eigenvalue weighted by Crippen LogP contribution is 2.20. The molecule has 0 aliphatic heterocycles. The summed E-state index contributed by atoms with van der Waals surface area (Å²) in [7, 11) is 1.28. The number of hydrogen-bond acceptors (Lipinski definition) is 6. The van der Waals surface area contributed by atoms with Crippen LogP contribution in [0.5, 0.6) is 0 Å². The second-order valence-electron chi connectivity index (χ2n) is 3.86. The van der Waals surface area contributed by atoms with Crippen molar-refractivity contribution in [3.05, 3.63) is 41.2 Å². The van der Waals surface area contributed by atoms with E-state index in [1.807, 2.05) is 6.07 Å². The van der Waals surface area contributed by atoms with Crippen LogP contribution in [0, 0.1) is 0 Å². The molecule has 0 bridgehead atoms. The highest BCUT2D eigenvalue weighted by Gasteiger charge is 2.14. The van der Waals surface area contributed by atoms with Gasteiger partial charge >= 0.3 is 5.97 Å². The summed E-state index contributed by atoms with van der Waals surface area (Å²) < 4.78 is 6.88. The lowest BCUT2D eigenvalue weighted by molar-refractivity contribution is 0.0587. The fourth-order valence-corrected chi connectivity index (χ4v) is 2.06. The van der Waals surface area contributed by atoms with Crippen molar-refractivity contribution in [2.45, 2.75) is 0 Å². The standard InChI is InChI=1S/C12H8BrN5O2/c1-20-12(19)11-16-6-18(17-11)9-2-3-14-8-4-7(13)5-15-10(8)9/h2-6H,1H3. The molecule has 0 N–H and O–H groups in total. The Kier molecular flexibility index (Phi) is 3.15. The van der Waals surface area contributed by atoms with E-state index < -0.39 is 5.97 Å². The van der Waals surface area contributed by atoms with Crippen molar-refractivity contribution in [3.63, 3.8) is 0 Å². The van der Waals surface area contributed by atoms with Gasteiger partial charge in [0.2, 0.25) is 0 Å². The number of carbonyl (C=O) groups excluding carboxylic acids is 1. The Balaban J connectivity index is 2.14. The molecule has 0 saturated heterocycles. The lowest BCUT2D eigenvalue weighted by Gasteiger charge is -2.04. The fraction of sp³-hybridized carbons (Fsp3) is 0.0833. The topological polar surface area (TPSA) is 82.8 Å². The van der Waals surface area contributed by atoms with Gasteiger partial charge in [0.15, 0.2) is 0 Å². The molecule has 0 spiro atoms. The number of carbonyl (C=O) groups is 1. The van der Waals surface area contributed by atoms with E-state index in [9.17, 15) is 4.79 Å². The largest absolute Gasteiger partial charge is 0.463 e. The maximum atomic E-state index is 11.4. The second-order valence-corrected chi connectivity index (χ2v) is 4.77. The predicted octanol–water partition coefficient (Wildman–Crippen LogP) is 1.76. The van der Waals surface area contributed by atoms with Gasteiger partial charge in [0.05, 0.1) is 18.3 Å². The van der Waals surface area contributed by atoms with Crippen LogP contribution in [0.1, 0.15) is 10.6 Å². The Morgan fingerprint density at radius 3 is 3.00 bits per heavy atom. The van der Waals surface area contributed by atoms with E-state index in [0.717, 1.165) is 4.47 Å². The summed E-state index contributed by atoms with van der Waals surface area (Å²) in [6.07, 6.45) is 4.75. The molecule has 0 aliphatic rings. The highest BCUT2D eigenvalue weighted by molar-refractivity contribution is 9.10. The summed E-state index contributed by atoms with van der Waals surface area (Å²) in [5.41, 5.74) is 2.06. The average Bonchev–Trinajstić information content (AvgIpc) is 2.95. The van der Waals surface area contributed by atoms with Gasteiger partial charge in [0, 0.05) is 16.9 Å². The fourth-order valence-electron chi connectivity index (χ4n) is 1.74. The van der Waals surface area contributed by atoms with Gasteiger partial charge in [-0.25, -0.2) is 14.5 Å². The van der Waals surface area contributed by atoms with E-state index in [4.69, 9.17) is 0 Å². The summed E-state index contributed by atoms with van der Waals surface area (Å²) >= 11 is 3.35. The summed E-state index contributed by atoms with van der Waals surface area (Å²) in [5, 5.41) is 4.08. The molecule has 8 heteroatoms. The maximum absolute atomic E-state index is 11.4. The van der Waals surface area contributed by atoms with Crippen LogP contribution in [-0.2, 0) is 4.74 Å². The van der Waals surface area contributed by atoms with Crippen LogP contribution in [0.2, 0.25) is 0 Å². The first-order valence-corrected chi connectivity index (χ1v) is 6.39. The van der Waals surface area contributed by atoms with E-state index in [2.05, 4.69) is 40.7 Å². The summed E-state index contributed by atoms with van der Waals surface area (Å²) in [5.74, 6) is -0.590. The number of hydrogen-bond donors (Lipinski definition) is 0. The van der Waals surface area contributed by atoms with Gasteiger partial charge in [0.25, 0.3) is 5.82 Å². The molecule has 7 nitrogen and oxygen atoms in total. The van der Waals surface area contributed by atoms with Crippen molar-refractivity contribution >= 4 is 32.9 Å². The molecule has 3 rings (SSSR count). The van der Waals surface area contributed by atoms with E-state index in [1.165, 1.54) is 18.1 Å². The summed E-state index contributed by atoms with van der Waals surface area (Å²) in [6.45, 7) is 0. The molecule has 0 radical (unpaired) electrons. The Hall–Kier alpha value is -2.35. The monoisotopic (exact) mass is 333 g/mol. The number of fused-ring (bicyclic) bond motifs is 1. The molecule has 3 aromatic rings. The minimum absolute atomic E-state index is 0.00502. The molecule has 0 unspecified atom stereocenters. The zero-order valence-electron chi connectivity index (χ0n) is 10.3. The van der Waals surface area contributed by atoms with Crippen LogP contribution in [0.3, 0.4) is 0 Å². The molecule has 0 amide bonds. The number of nitrogens with zero attached hydrogens (tertiary/aromatic N) is 5. The van der Waals surface area contributed by atoms with Crippen LogP contribution >= 0.6 is 15.9 Å². The van der Waals surface area contributed by atoms with Crippen LogP contribution in [0.25, 0.3) is 16.7 Å². The maximum Gasteiger partial charge on any atom is 0.377 e. The van der Waals surface area contributed by atoms with Gasteiger partial charge in [0.1, 0.15) is 11.8 Å². The van der Waals surface area contributed by atoms with Crippen molar-refractivity contribution in [3.8, 4) is 5.69 Å². The predicted molar refractivity (Wildman–Crippen MR) is 73.5 cm³/mol. The number of aromatic nitrogens is 5. The van der Waals surface area contributed by atoms with Gasteiger partial charge in [-0.15, -0.1) is 5.10 Å². The number of rotatable bonds is 2. The first kappa shape index (κ1) is 12.7.